The molecule has 2 rings (SSSR count). The average Bonchev–Trinajstić information content (AvgIpc) is 2.43. The monoisotopic (exact) mass is 335 g/mol. The SMILES string of the molecule is CNCC1CCCCN1S(=O)(=O)Nc1ccc(Cl)c(F)c1. The number of likely N-dealkylation sites (N-methyl/N-ethyl adjacent to an activating group) is 1. The summed E-state index contributed by atoms with van der Waals surface area (Å²) >= 11 is 5.59. The van der Waals surface area contributed by atoms with Crippen LogP contribution in [0.2, 0.25) is 5.02 Å². The van der Waals surface area contributed by atoms with Crippen molar-refractivity contribution in [2.24, 2.45) is 0 Å². The van der Waals surface area contributed by atoms with Crippen molar-refractivity contribution in [3.05, 3.63) is 29.0 Å². The van der Waals surface area contributed by atoms with Crippen LogP contribution in [0.5, 0.6) is 0 Å². The molecule has 1 aliphatic heterocycles. The molecule has 0 aliphatic carbocycles. The van der Waals surface area contributed by atoms with Crippen LogP contribution in [0, 0.1) is 5.82 Å². The average molecular weight is 336 g/mol. The van der Waals surface area contributed by atoms with Gasteiger partial charge in [-0.25, -0.2) is 4.39 Å². The Hall–Kier alpha value is -0.890. The molecular formula is C13H19ClFN3O2S. The highest BCUT2D eigenvalue weighted by atomic mass is 35.5. The fourth-order valence-electron chi connectivity index (χ4n) is 2.50. The zero-order valence-corrected chi connectivity index (χ0v) is 13.3. The molecule has 21 heavy (non-hydrogen) atoms. The molecule has 1 aromatic rings. The van der Waals surface area contributed by atoms with Gasteiger partial charge < -0.3 is 5.32 Å². The van der Waals surface area contributed by atoms with Crippen molar-refractivity contribution in [1.29, 1.82) is 0 Å². The van der Waals surface area contributed by atoms with Crippen molar-refractivity contribution < 1.29 is 12.8 Å². The molecule has 0 amide bonds. The van der Waals surface area contributed by atoms with Gasteiger partial charge in [0.25, 0.3) is 0 Å². The number of piperidine rings is 1. The quantitative estimate of drug-likeness (QED) is 0.867. The molecule has 0 spiro atoms. The molecule has 0 bridgehead atoms. The fraction of sp³-hybridized carbons (Fsp3) is 0.538. The first kappa shape index (κ1) is 16.5. The lowest BCUT2D eigenvalue weighted by Gasteiger charge is -2.34. The van der Waals surface area contributed by atoms with Crippen LogP contribution in [-0.2, 0) is 10.2 Å². The second-order valence-corrected chi connectivity index (χ2v) is 7.08. The fourth-order valence-corrected chi connectivity index (χ4v) is 4.10. The largest absolute Gasteiger partial charge is 0.318 e. The Bertz CT molecular complexity index is 595. The summed E-state index contributed by atoms with van der Waals surface area (Å²) in [6.07, 6.45) is 2.65. The van der Waals surface area contributed by atoms with E-state index >= 15 is 0 Å². The molecule has 2 N–H and O–H groups in total. The second kappa shape index (κ2) is 6.91. The highest BCUT2D eigenvalue weighted by molar-refractivity contribution is 7.90. The van der Waals surface area contributed by atoms with Gasteiger partial charge in [-0.05, 0) is 38.1 Å². The predicted molar refractivity (Wildman–Crippen MR) is 82.2 cm³/mol. The van der Waals surface area contributed by atoms with Crippen molar-refractivity contribution in [2.75, 3.05) is 24.9 Å². The Morgan fingerprint density at radius 2 is 2.19 bits per heavy atom. The van der Waals surface area contributed by atoms with Crippen LogP contribution in [0.1, 0.15) is 19.3 Å². The standard InChI is InChI=1S/C13H19ClFN3O2S/c1-16-9-11-4-2-3-7-18(11)21(19,20)17-10-5-6-12(14)13(15)8-10/h5-6,8,11,16-17H,2-4,7,9H2,1H3. The molecular weight excluding hydrogens is 317 g/mol. The Balaban J connectivity index is 2.17. The zero-order chi connectivity index (χ0) is 15.5. The summed E-state index contributed by atoms with van der Waals surface area (Å²) < 4.78 is 42.2. The third-order valence-electron chi connectivity index (χ3n) is 3.49. The van der Waals surface area contributed by atoms with Crippen LogP contribution >= 0.6 is 11.6 Å². The van der Waals surface area contributed by atoms with E-state index in [9.17, 15) is 12.8 Å². The Morgan fingerprint density at radius 1 is 1.43 bits per heavy atom. The van der Waals surface area contributed by atoms with Gasteiger partial charge in [0.2, 0.25) is 0 Å². The summed E-state index contributed by atoms with van der Waals surface area (Å²) in [4.78, 5) is 0. The lowest BCUT2D eigenvalue weighted by atomic mass is 10.1. The number of anilines is 1. The first-order chi connectivity index (χ1) is 9.94. The van der Waals surface area contributed by atoms with Gasteiger partial charge in [0.15, 0.2) is 0 Å². The number of nitrogens with one attached hydrogen (secondary N) is 2. The molecule has 1 unspecified atom stereocenters. The van der Waals surface area contributed by atoms with E-state index in [-0.39, 0.29) is 16.8 Å². The molecule has 1 atom stereocenters. The van der Waals surface area contributed by atoms with E-state index in [0.717, 1.165) is 25.3 Å². The molecule has 5 nitrogen and oxygen atoms in total. The molecule has 1 heterocycles. The second-order valence-electron chi connectivity index (χ2n) is 5.05. The minimum Gasteiger partial charge on any atom is -0.318 e. The van der Waals surface area contributed by atoms with Gasteiger partial charge in [0.1, 0.15) is 5.82 Å². The first-order valence-corrected chi connectivity index (χ1v) is 8.65. The Labute approximate surface area is 129 Å². The van der Waals surface area contributed by atoms with E-state index in [1.807, 2.05) is 0 Å². The van der Waals surface area contributed by atoms with E-state index in [1.165, 1.54) is 16.4 Å². The molecule has 1 aliphatic rings. The summed E-state index contributed by atoms with van der Waals surface area (Å²) in [5, 5.41) is 2.97. The summed E-state index contributed by atoms with van der Waals surface area (Å²) in [7, 11) is -1.91. The van der Waals surface area contributed by atoms with Gasteiger partial charge >= 0.3 is 10.2 Å². The minimum atomic E-state index is -3.70. The minimum absolute atomic E-state index is 0.0380. The van der Waals surface area contributed by atoms with E-state index in [2.05, 4.69) is 10.0 Å². The van der Waals surface area contributed by atoms with Crippen LogP contribution in [0.25, 0.3) is 0 Å². The summed E-state index contributed by atoms with van der Waals surface area (Å²) in [5.74, 6) is -0.651. The summed E-state index contributed by atoms with van der Waals surface area (Å²) in [5.41, 5.74) is 0.172. The van der Waals surface area contributed by atoms with Gasteiger partial charge in [0.05, 0.1) is 10.7 Å². The molecule has 0 saturated carbocycles. The van der Waals surface area contributed by atoms with E-state index < -0.39 is 16.0 Å². The van der Waals surface area contributed by atoms with Gasteiger partial charge in [0, 0.05) is 19.1 Å². The van der Waals surface area contributed by atoms with E-state index in [0.29, 0.717) is 13.1 Å². The number of halogens is 2. The van der Waals surface area contributed by atoms with Gasteiger partial charge in [-0.1, -0.05) is 18.0 Å². The van der Waals surface area contributed by atoms with Crippen LogP contribution < -0.4 is 10.0 Å². The predicted octanol–water partition coefficient (Wildman–Crippen LogP) is 2.21. The zero-order valence-electron chi connectivity index (χ0n) is 11.8. The number of benzene rings is 1. The molecule has 8 heteroatoms. The maximum Gasteiger partial charge on any atom is 0.301 e. The Morgan fingerprint density at radius 3 is 2.86 bits per heavy atom. The lowest BCUT2D eigenvalue weighted by molar-refractivity contribution is 0.250. The smallest absolute Gasteiger partial charge is 0.301 e. The van der Waals surface area contributed by atoms with Crippen molar-refractivity contribution in [3.63, 3.8) is 0 Å². The molecule has 0 aromatic heterocycles. The maximum atomic E-state index is 13.4. The first-order valence-electron chi connectivity index (χ1n) is 6.83. The van der Waals surface area contributed by atoms with Gasteiger partial charge in [-0.15, -0.1) is 0 Å². The molecule has 1 saturated heterocycles. The van der Waals surface area contributed by atoms with Crippen LogP contribution in [-0.4, -0.2) is 38.9 Å². The number of hydrogen-bond acceptors (Lipinski definition) is 3. The normalized spacial score (nSPS) is 20.4. The number of hydrogen-bond donors (Lipinski definition) is 2. The van der Waals surface area contributed by atoms with Crippen LogP contribution in [0.3, 0.4) is 0 Å². The van der Waals surface area contributed by atoms with Crippen LogP contribution in [0.4, 0.5) is 10.1 Å². The topological polar surface area (TPSA) is 61.4 Å². The number of nitrogens with zero attached hydrogens (tertiary/aromatic N) is 1. The van der Waals surface area contributed by atoms with Crippen molar-refractivity contribution in [1.82, 2.24) is 9.62 Å². The third-order valence-corrected chi connectivity index (χ3v) is 5.39. The van der Waals surface area contributed by atoms with Gasteiger partial charge in [-0.3, -0.25) is 4.72 Å². The highest BCUT2D eigenvalue weighted by Gasteiger charge is 2.31. The van der Waals surface area contributed by atoms with E-state index in [4.69, 9.17) is 11.6 Å². The number of rotatable bonds is 5. The molecule has 0 radical (unpaired) electrons. The third kappa shape index (κ3) is 4.06. The Kier molecular flexibility index (Phi) is 5.43. The molecule has 1 fully saturated rings. The summed E-state index contributed by atoms with van der Waals surface area (Å²) in [6, 6.07) is 3.77. The molecule has 1 aromatic carbocycles. The van der Waals surface area contributed by atoms with Gasteiger partial charge in [-0.2, -0.15) is 12.7 Å². The highest BCUT2D eigenvalue weighted by Crippen LogP contribution is 2.24. The maximum absolute atomic E-state index is 13.4. The van der Waals surface area contributed by atoms with Crippen LogP contribution in [0.15, 0.2) is 18.2 Å². The summed E-state index contributed by atoms with van der Waals surface area (Å²) in [6.45, 7) is 1.06. The molecule has 118 valence electrons. The van der Waals surface area contributed by atoms with E-state index in [1.54, 1.807) is 7.05 Å². The van der Waals surface area contributed by atoms with Crippen molar-refractivity contribution in [3.8, 4) is 0 Å². The van der Waals surface area contributed by atoms with Crippen molar-refractivity contribution >= 4 is 27.5 Å². The van der Waals surface area contributed by atoms with Crippen molar-refractivity contribution in [2.45, 2.75) is 25.3 Å². The lowest BCUT2D eigenvalue weighted by Crippen LogP contribution is -2.49.